The molecule has 1 aromatic carbocycles. The van der Waals surface area contributed by atoms with Crippen LogP contribution in [0.5, 0.6) is 0 Å². The fourth-order valence-corrected chi connectivity index (χ4v) is 6.25. The Morgan fingerprint density at radius 3 is 2.56 bits per heavy atom. The lowest BCUT2D eigenvalue weighted by molar-refractivity contribution is -0.139. The second-order valence-electron chi connectivity index (χ2n) is 8.50. The van der Waals surface area contributed by atoms with Crippen molar-refractivity contribution in [3.8, 4) is 17.3 Å². The number of rotatable bonds is 6. The van der Waals surface area contributed by atoms with Crippen molar-refractivity contribution in [1.29, 1.82) is 5.26 Å². The molecule has 1 aromatic heterocycles. The molecule has 2 fully saturated rings. The van der Waals surface area contributed by atoms with Crippen LogP contribution in [0.2, 0.25) is 0 Å². The van der Waals surface area contributed by atoms with E-state index in [-0.39, 0.29) is 24.1 Å². The number of alkyl halides is 3. The summed E-state index contributed by atoms with van der Waals surface area (Å²) in [7, 11) is -3.16. The zero-order valence-corrected chi connectivity index (χ0v) is 18.9. The SMILES string of the molecule is CO[C@H]1CC(S(=O)(=O)c2ccc(-c3cnccn3)cc2C(F)(F)F)C[C@@H]1C(=O)NC1(C#N)CC1. The maximum Gasteiger partial charge on any atom is 0.417 e. The Labute approximate surface area is 194 Å². The average Bonchev–Trinajstić information content (AvgIpc) is 3.44. The van der Waals surface area contributed by atoms with Crippen molar-refractivity contribution >= 4 is 15.7 Å². The van der Waals surface area contributed by atoms with E-state index in [2.05, 4.69) is 15.3 Å². The Bertz CT molecular complexity index is 1240. The topological polar surface area (TPSA) is 122 Å². The Balaban J connectivity index is 1.66. The third-order valence-electron chi connectivity index (χ3n) is 6.32. The molecule has 3 atom stereocenters. The summed E-state index contributed by atoms with van der Waals surface area (Å²) < 4.78 is 73.8. The third kappa shape index (κ3) is 4.50. The number of sulfone groups is 1. The number of benzene rings is 1. The highest BCUT2D eigenvalue weighted by molar-refractivity contribution is 7.92. The maximum atomic E-state index is 13.9. The lowest BCUT2D eigenvalue weighted by Gasteiger charge is -2.19. The minimum atomic E-state index is -4.94. The highest BCUT2D eigenvalue weighted by Crippen LogP contribution is 2.42. The van der Waals surface area contributed by atoms with Gasteiger partial charge in [-0.25, -0.2) is 8.42 Å². The summed E-state index contributed by atoms with van der Waals surface area (Å²) in [6, 6.07) is 4.94. The van der Waals surface area contributed by atoms with Crippen molar-refractivity contribution in [3.63, 3.8) is 0 Å². The van der Waals surface area contributed by atoms with Crippen LogP contribution in [0.4, 0.5) is 13.2 Å². The van der Waals surface area contributed by atoms with E-state index >= 15 is 0 Å². The molecular weight excluding hydrogens is 473 g/mol. The molecule has 0 aliphatic heterocycles. The molecule has 1 amide bonds. The Morgan fingerprint density at radius 2 is 2.00 bits per heavy atom. The van der Waals surface area contributed by atoms with Gasteiger partial charge in [-0.1, -0.05) is 6.07 Å². The van der Waals surface area contributed by atoms with Crippen molar-refractivity contribution in [2.75, 3.05) is 7.11 Å². The number of hydrogen-bond acceptors (Lipinski definition) is 7. The smallest absolute Gasteiger partial charge is 0.381 e. The van der Waals surface area contributed by atoms with Crippen LogP contribution in [0.15, 0.2) is 41.7 Å². The number of amides is 1. The predicted octanol–water partition coefficient (Wildman–Crippen LogP) is 2.90. The van der Waals surface area contributed by atoms with Gasteiger partial charge in [0.1, 0.15) is 5.54 Å². The first kappa shape index (κ1) is 24.1. The normalized spacial score (nSPS) is 23.8. The second-order valence-corrected chi connectivity index (χ2v) is 10.7. The van der Waals surface area contributed by atoms with Crippen molar-refractivity contribution in [1.82, 2.24) is 15.3 Å². The molecule has 180 valence electrons. The van der Waals surface area contributed by atoms with Crippen LogP contribution >= 0.6 is 0 Å². The standard InChI is InChI=1S/C22H21F3N4O4S/c1-33-18-10-14(9-15(18)20(30)29-21(12-26)4-5-21)34(31,32)19-3-2-13(8-16(19)22(23,24)25)17-11-27-6-7-28-17/h2-3,6-8,11,14-15,18H,4-5,9-10H2,1H3,(H,29,30)/t14?,15-,18-/m0/s1. The van der Waals surface area contributed by atoms with Gasteiger partial charge in [0.05, 0.1) is 45.7 Å². The molecule has 4 rings (SSSR count). The van der Waals surface area contributed by atoms with Gasteiger partial charge < -0.3 is 10.1 Å². The van der Waals surface area contributed by atoms with E-state index in [0.29, 0.717) is 12.8 Å². The number of carbonyl (C=O) groups excluding carboxylic acids is 1. The number of nitrogens with one attached hydrogen (secondary N) is 1. The van der Waals surface area contributed by atoms with Crippen LogP contribution in [0.25, 0.3) is 11.3 Å². The lowest BCUT2D eigenvalue weighted by Crippen LogP contribution is -2.42. The fourth-order valence-electron chi connectivity index (χ4n) is 4.25. The van der Waals surface area contributed by atoms with Crippen LogP contribution < -0.4 is 5.32 Å². The molecule has 2 aromatic rings. The fraction of sp³-hybridized carbons (Fsp3) is 0.455. The van der Waals surface area contributed by atoms with Gasteiger partial charge in [-0.15, -0.1) is 0 Å². The molecule has 1 N–H and O–H groups in total. The summed E-state index contributed by atoms with van der Waals surface area (Å²) in [6.07, 6.45) is -1.14. The molecule has 1 heterocycles. The summed E-state index contributed by atoms with van der Waals surface area (Å²) in [4.78, 5) is 19.7. The summed E-state index contributed by atoms with van der Waals surface area (Å²) in [6.45, 7) is 0. The maximum absolute atomic E-state index is 13.9. The molecule has 1 unspecified atom stereocenters. The first-order valence-electron chi connectivity index (χ1n) is 10.5. The van der Waals surface area contributed by atoms with Crippen molar-refractivity contribution < 1.29 is 31.1 Å². The molecule has 34 heavy (non-hydrogen) atoms. The van der Waals surface area contributed by atoms with Crippen molar-refractivity contribution in [2.24, 2.45) is 5.92 Å². The van der Waals surface area contributed by atoms with Crippen LogP contribution in [0, 0.1) is 17.2 Å². The predicted molar refractivity (Wildman–Crippen MR) is 113 cm³/mol. The highest BCUT2D eigenvalue weighted by atomic mass is 32.2. The molecule has 0 saturated heterocycles. The quantitative estimate of drug-likeness (QED) is 0.655. The highest BCUT2D eigenvalue weighted by Gasteiger charge is 2.51. The molecule has 2 aliphatic carbocycles. The minimum absolute atomic E-state index is 0.0732. The van der Waals surface area contributed by atoms with Gasteiger partial charge in [0.25, 0.3) is 0 Å². The number of carbonyl (C=O) groups is 1. The minimum Gasteiger partial charge on any atom is -0.381 e. The van der Waals surface area contributed by atoms with Gasteiger partial charge in [-0.05, 0) is 37.8 Å². The Kier molecular flexibility index (Phi) is 6.12. The molecule has 0 spiro atoms. The van der Waals surface area contributed by atoms with E-state index in [1.165, 1.54) is 31.8 Å². The summed E-state index contributed by atoms with van der Waals surface area (Å²) in [5.41, 5.74) is -2.02. The number of nitriles is 1. The number of aromatic nitrogens is 2. The van der Waals surface area contributed by atoms with Gasteiger partial charge >= 0.3 is 6.18 Å². The van der Waals surface area contributed by atoms with E-state index in [0.717, 1.165) is 12.1 Å². The summed E-state index contributed by atoms with van der Waals surface area (Å²) in [5.74, 6) is -1.43. The molecule has 12 heteroatoms. The van der Waals surface area contributed by atoms with Gasteiger partial charge in [0.2, 0.25) is 5.91 Å². The van der Waals surface area contributed by atoms with E-state index in [4.69, 9.17) is 4.74 Å². The monoisotopic (exact) mass is 494 g/mol. The number of hydrogen-bond donors (Lipinski definition) is 1. The molecule has 2 aliphatic rings. The molecule has 2 saturated carbocycles. The van der Waals surface area contributed by atoms with Crippen LogP contribution in [0.1, 0.15) is 31.2 Å². The molecule has 8 nitrogen and oxygen atoms in total. The Hall–Kier alpha value is -3.04. The zero-order chi connectivity index (χ0) is 24.7. The van der Waals surface area contributed by atoms with Gasteiger partial charge in [0, 0.05) is 25.1 Å². The summed E-state index contributed by atoms with van der Waals surface area (Å²) >= 11 is 0. The van der Waals surface area contributed by atoms with Crippen molar-refractivity contribution in [2.45, 2.75) is 53.6 Å². The van der Waals surface area contributed by atoms with E-state index in [1.54, 1.807) is 0 Å². The first-order valence-corrected chi connectivity index (χ1v) is 12.0. The van der Waals surface area contributed by atoms with Gasteiger partial charge in [0.15, 0.2) is 9.84 Å². The second kappa shape index (κ2) is 8.63. The molecule has 0 radical (unpaired) electrons. The van der Waals surface area contributed by atoms with Crippen LogP contribution in [-0.4, -0.2) is 48.3 Å². The van der Waals surface area contributed by atoms with E-state index in [9.17, 15) is 31.6 Å². The Morgan fingerprint density at radius 1 is 1.26 bits per heavy atom. The number of halogens is 3. The van der Waals surface area contributed by atoms with Crippen LogP contribution in [-0.2, 0) is 25.5 Å². The van der Waals surface area contributed by atoms with Gasteiger partial charge in [-0.3, -0.25) is 14.8 Å². The first-order chi connectivity index (χ1) is 16.0. The zero-order valence-electron chi connectivity index (χ0n) is 18.0. The van der Waals surface area contributed by atoms with E-state index in [1.807, 2.05) is 6.07 Å². The molecule has 0 bridgehead atoms. The number of nitrogens with zero attached hydrogens (tertiary/aromatic N) is 3. The third-order valence-corrected chi connectivity index (χ3v) is 8.55. The molecular formula is C22H21F3N4O4S. The van der Waals surface area contributed by atoms with Gasteiger partial charge in [-0.2, -0.15) is 18.4 Å². The summed E-state index contributed by atoms with van der Waals surface area (Å²) in [5, 5.41) is 10.6. The van der Waals surface area contributed by atoms with E-state index < -0.39 is 55.2 Å². The van der Waals surface area contributed by atoms with Crippen LogP contribution in [0.3, 0.4) is 0 Å². The largest absolute Gasteiger partial charge is 0.417 e. The van der Waals surface area contributed by atoms with Crippen molar-refractivity contribution in [3.05, 3.63) is 42.4 Å². The average molecular weight is 494 g/mol. The number of methoxy groups -OCH3 is 1. The lowest BCUT2D eigenvalue weighted by atomic mass is 10.0. The number of ether oxygens (including phenoxy) is 1.